The molecule has 2 aromatic carbocycles. The zero-order chi connectivity index (χ0) is 19.9. The Kier molecular flexibility index (Phi) is 4.41. The average Bonchev–Trinajstić information content (AvgIpc) is 2.64. The minimum Gasteiger partial charge on any atom is -0.487 e. The molecule has 6 nitrogen and oxygen atoms in total. The summed E-state index contributed by atoms with van der Waals surface area (Å²) in [7, 11) is 0. The van der Waals surface area contributed by atoms with Gasteiger partial charge in [0.25, 0.3) is 5.56 Å². The second-order valence-electron chi connectivity index (χ2n) is 7.92. The highest BCUT2D eigenvalue weighted by Gasteiger charge is 2.34. The largest absolute Gasteiger partial charge is 0.487 e. The summed E-state index contributed by atoms with van der Waals surface area (Å²) in [5.74, 6) is 0.535. The van der Waals surface area contributed by atoms with Crippen molar-refractivity contribution in [3.8, 4) is 5.75 Å². The minimum atomic E-state index is -0.391. The predicted molar refractivity (Wildman–Crippen MR) is 107 cm³/mol. The number of ether oxygens (including phenoxy) is 1. The van der Waals surface area contributed by atoms with Crippen molar-refractivity contribution in [3.05, 3.63) is 70.1 Å². The maximum absolute atomic E-state index is 12.7. The number of fused-ring (bicyclic) bond motifs is 2. The lowest BCUT2D eigenvalue weighted by Crippen LogP contribution is -2.43. The lowest BCUT2D eigenvalue weighted by molar-refractivity contribution is -0.123. The van der Waals surface area contributed by atoms with E-state index in [-0.39, 0.29) is 24.1 Å². The third kappa shape index (κ3) is 3.50. The normalized spacial score (nSPS) is 17.6. The molecule has 0 saturated heterocycles. The van der Waals surface area contributed by atoms with Crippen LogP contribution in [0, 0.1) is 6.92 Å². The lowest BCUT2D eigenvalue weighted by atomic mass is 9.89. The van der Waals surface area contributed by atoms with E-state index in [1.165, 1.54) is 4.68 Å². The molecule has 0 saturated carbocycles. The van der Waals surface area contributed by atoms with Crippen molar-refractivity contribution in [2.45, 2.75) is 45.4 Å². The molecule has 0 aliphatic carbocycles. The van der Waals surface area contributed by atoms with E-state index in [1.54, 1.807) is 18.3 Å². The van der Waals surface area contributed by atoms with Crippen LogP contribution in [0.1, 0.15) is 37.4 Å². The van der Waals surface area contributed by atoms with Crippen LogP contribution in [0.5, 0.6) is 5.75 Å². The molecule has 1 atom stereocenters. The van der Waals surface area contributed by atoms with E-state index in [0.717, 1.165) is 22.3 Å². The molecule has 1 aromatic heterocycles. The Morgan fingerprint density at radius 3 is 2.89 bits per heavy atom. The summed E-state index contributed by atoms with van der Waals surface area (Å²) >= 11 is 0. The van der Waals surface area contributed by atoms with Gasteiger partial charge in [0.2, 0.25) is 5.91 Å². The Morgan fingerprint density at radius 2 is 2.07 bits per heavy atom. The Bertz CT molecular complexity index is 1120. The monoisotopic (exact) mass is 377 g/mol. The summed E-state index contributed by atoms with van der Waals surface area (Å²) < 4.78 is 7.26. The van der Waals surface area contributed by atoms with Gasteiger partial charge in [0.15, 0.2) is 0 Å². The Hall–Kier alpha value is -3.15. The van der Waals surface area contributed by atoms with E-state index in [0.29, 0.717) is 11.8 Å². The van der Waals surface area contributed by atoms with E-state index in [9.17, 15) is 9.59 Å². The van der Waals surface area contributed by atoms with Crippen molar-refractivity contribution >= 4 is 16.7 Å². The van der Waals surface area contributed by atoms with E-state index in [1.807, 2.05) is 51.1 Å². The number of hydrogen-bond donors (Lipinski definition) is 1. The van der Waals surface area contributed by atoms with Gasteiger partial charge in [-0.25, -0.2) is 4.68 Å². The van der Waals surface area contributed by atoms with Gasteiger partial charge in [-0.15, -0.1) is 0 Å². The topological polar surface area (TPSA) is 73.2 Å². The number of aryl methyl sites for hydroxylation is 1. The molecule has 1 amide bonds. The quantitative estimate of drug-likeness (QED) is 0.761. The fraction of sp³-hybridized carbons (Fsp3) is 0.318. The second kappa shape index (κ2) is 6.78. The molecule has 0 fully saturated rings. The molecule has 4 rings (SSSR count). The first-order valence-electron chi connectivity index (χ1n) is 9.36. The fourth-order valence-electron chi connectivity index (χ4n) is 3.72. The molecular weight excluding hydrogens is 354 g/mol. The molecular formula is C22H23N3O3. The van der Waals surface area contributed by atoms with Gasteiger partial charge in [0.1, 0.15) is 17.9 Å². The fourth-order valence-corrected chi connectivity index (χ4v) is 3.72. The molecule has 6 heteroatoms. The highest BCUT2D eigenvalue weighted by molar-refractivity contribution is 5.81. The van der Waals surface area contributed by atoms with Crippen molar-refractivity contribution in [1.82, 2.24) is 15.1 Å². The van der Waals surface area contributed by atoms with E-state index in [4.69, 9.17) is 4.74 Å². The second-order valence-corrected chi connectivity index (χ2v) is 7.92. The molecule has 144 valence electrons. The number of nitrogens with one attached hydrogen (secondary N) is 1. The van der Waals surface area contributed by atoms with Crippen LogP contribution in [0.3, 0.4) is 0 Å². The van der Waals surface area contributed by atoms with Crippen LogP contribution >= 0.6 is 0 Å². The van der Waals surface area contributed by atoms with Gasteiger partial charge < -0.3 is 10.1 Å². The van der Waals surface area contributed by atoms with Gasteiger partial charge in [-0.05, 0) is 32.9 Å². The molecule has 0 spiro atoms. The number of aromatic nitrogens is 2. The predicted octanol–water partition coefficient (Wildman–Crippen LogP) is 3.12. The molecule has 28 heavy (non-hydrogen) atoms. The zero-order valence-corrected chi connectivity index (χ0v) is 16.2. The number of carbonyl (C=O) groups is 1. The van der Waals surface area contributed by atoms with Gasteiger partial charge in [-0.2, -0.15) is 5.10 Å². The maximum atomic E-state index is 12.7. The molecule has 0 radical (unpaired) electrons. The van der Waals surface area contributed by atoms with Crippen molar-refractivity contribution in [2.24, 2.45) is 0 Å². The van der Waals surface area contributed by atoms with Gasteiger partial charge in [0.05, 0.1) is 17.6 Å². The molecule has 0 unspecified atom stereocenters. The molecule has 1 aliphatic rings. The van der Waals surface area contributed by atoms with Crippen molar-refractivity contribution in [1.29, 1.82) is 0 Å². The molecule has 0 bridgehead atoms. The van der Waals surface area contributed by atoms with Crippen LogP contribution in [0.25, 0.3) is 10.8 Å². The zero-order valence-electron chi connectivity index (χ0n) is 16.2. The van der Waals surface area contributed by atoms with E-state index in [2.05, 4.69) is 10.4 Å². The van der Waals surface area contributed by atoms with Crippen molar-refractivity contribution in [3.63, 3.8) is 0 Å². The van der Waals surface area contributed by atoms with Crippen LogP contribution in [0.15, 0.2) is 53.5 Å². The smallest absolute Gasteiger partial charge is 0.275 e. The summed E-state index contributed by atoms with van der Waals surface area (Å²) in [6.45, 7) is 5.90. The van der Waals surface area contributed by atoms with Gasteiger partial charge in [-0.3, -0.25) is 9.59 Å². The number of benzene rings is 2. The molecule has 3 aromatic rings. The lowest BCUT2D eigenvalue weighted by Gasteiger charge is -2.38. The highest BCUT2D eigenvalue weighted by Crippen LogP contribution is 2.39. The third-order valence-electron chi connectivity index (χ3n) is 5.01. The van der Waals surface area contributed by atoms with Crippen molar-refractivity contribution < 1.29 is 9.53 Å². The minimum absolute atomic E-state index is 0.122. The van der Waals surface area contributed by atoms with Gasteiger partial charge in [0, 0.05) is 17.4 Å². The first kappa shape index (κ1) is 18.2. The SMILES string of the molecule is Cc1ccc2c(c1)[C@H](NC(=O)Cn1ncc3ccccc3c1=O)CC(C)(C)O2. The van der Waals surface area contributed by atoms with E-state index >= 15 is 0 Å². The summed E-state index contributed by atoms with van der Waals surface area (Å²) in [6, 6.07) is 13.0. The number of nitrogens with zero attached hydrogens (tertiary/aromatic N) is 2. The third-order valence-corrected chi connectivity index (χ3v) is 5.01. The van der Waals surface area contributed by atoms with E-state index < -0.39 is 5.60 Å². The number of carbonyl (C=O) groups excluding carboxylic acids is 1. The van der Waals surface area contributed by atoms with Crippen LogP contribution in [0.4, 0.5) is 0 Å². The van der Waals surface area contributed by atoms with Crippen molar-refractivity contribution in [2.75, 3.05) is 0 Å². The van der Waals surface area contributed by atoms with Crippen LogP contribution in [-0.4, -0.2) is 21.3 Å². The van der Waals surface area contributed by atoms with Crippen LogP contribution in [0.2, 0.25) is 0 Å². The Morgan fingerprint density at radius 1 is 1.29 bits per heavy atom. The summed E-state index contributed by atoms with van der Waals surface area (Å²) in [4.78, 5) is 25.3. The maximum Gasteiger partial charge on any atom is 0.275 e. The molecule has 1 N–H and O–H groups in total. The van der Waals surface area contributed by atoms with Crippen LogP contribution in [-0.2, 0) is 11.3 Å². The first-order valence-corrected chi connectivity index (χ1v) is 9.36. The highest BCUT2D eigenvalue weighted by atomic mass is 16.5. The van der Waals surface area contributed by atoms with Gasteiger partial charge in [-0.1, -0.05) is 35.9 Å². The van der Waals surface area contributed by atoms with Gasteiger partial charge >= 0.3 is 0 Å². The Labute approximate surface area is 163 Å². The standard InChI is InChI=1S/C22H23N3O3/c1-14-8-9-19-17(10-14)18(11-22(2,3)28-19)24-20(26)13-25-21(27)16-7-5-4-6-15(16)12-23-25/h4-10,12,18H,11,13H2,1-3H3,(H,24,26)/t18-/m1/s1. The number of hydrogen-bond acceptors (Lipinski definition) is 4. The molecule has 1 aliphatic heterocycles. The summed E-state index contributed by atoms with van der Waals surface area (Å²) in [5.41, 5.74) is 1.41. The summed E-state index contributed by atoms with van der Waals surface area (Å²) in [6.07, 6.45) is 2.26. The number of amides is 1. The summed E-state index contributed by atoms with van der Waals surface area (Å²) in [5, 5.41) is 8.53. The Balaban J connectivity index is 1.58. The average molecular weight is 377 g/mol. The molecule has 2 heterocycles. The van der Waals surface area contributed by atoms with Crippen LogP contribution < -0.4 is 15.6 Å². The first-order chi connectivity index (χ1) is 13.3. The number of rotatable bonds is 3.